The zero-order valence-corrected chi connectivity index (χ0v) is 12.3. The van der Waals surface area contributed by atoms with Crippen molar-refractivity contribution in [3.63, 3.8) is 0 Å². The molecular formula is C11H14N6O4S. The molecule has 1 aliphatic rings. The number of hydrogen-bond acceptors (Lipinski definition) is 7. The Kier molecular flexibility index (Phi) is 4.68. The smallest absolute Gasteiger partial charge is 0.300 e. The summed E-state index contributed by atoms with van der Waals surface area (Å²) in [6.07, 6.45) is 0.465. The summed E-state index contributed by atoms with van der Waals surface area (Å²) < 4.78 is 0. The van der Waals surface area contributed by atoms with Crippen molar-refractivity contribution in [1.29, 1.82) is 0 Å². The lowest BCUT2D eigenvalue weighted by Gasteiger charge is -2.31. The van der Waals surface area contributed by atoms with E-state index in [1.165, 1.54) is 12.1 Å². The molecular weight excluding hydrogens is 312 g/mol. The van der Waals surface area contributed by atoms with Gasteiger partial charge in [-0.05, 0) is 25.2 Å². The molecule has 0 radical (unpaired) electrons. The van der Waals surface area contributed by atoms with Crippen LogP contribution in [0.1, 0.15) is 13.3 Å². The minimum absolute atomic E-state index is 0.134. The molecule has 118 valence electrons. The Balaban J connectivity index is 2.10. The first kappa shape index (κ1) is 15.9. The molecule has 1 fully saturated rings. The van der Waals surface area contributed by atoms with Gasteiger partial charge in [-0.1, -0.05) is 0 Å². The molecule has 0 unspecified atom stereocenters. The summed E-state index contributed by atoms with van der Waals surface area (Å²) in [6.45, 7) is 1.95. The zero-order chi connectivity index (χ0) is 16.3. The first-order chi connectivity index (χ1) is 10.4. The van der Waals surface area contributed by atoms with E-state index in [2.05, 4.69) is 21.5 Å². The average Bonchev–Trinajstić information content (AvgIpc) is 2.43. The highest BCUT2D eigenvalue weighted by molar-refractivity contribution is 7.80. The van der Waals surface area contributed by atoms with Gasteiger partial charge >= 0.3 is 5.69 Å². The van der Waals surface area contributed by atoms with Gasteiger partial charge in [0.05, 0.1) is 22.1 Å². The van der Waals surface area contributed by atoms with Crippen LogP contribution >= 0.6 is 12.2 Å². The van der Waals surface area contributed by atoms with Gasteiger partial charge in [-0.25, -0.2) is 5.43 Å². The van der Waals surface area contributed by atoms with E-state index in [4.69, 9.17) is 12.2 Å². The van der Waals surface area contributed by atoms with E-state index in [-0.39, 0.29) is 29.3 Å². The summed E-state index contributed by atoms with van der Waals surface area (Å²) in [4.78, 5) is 20.3. The number of hydrazine groups is 1. The maximum absolute atomic E-state index is 11.0. The van der Waals surface area contributed by atoms with Crippen molar-refractivity contribution in [3.8, 4) is 0 Å². The van der Waals surface area contributed by atoms with Crippen molar-refractivity contribution < 1.29 is 9.85 Å². The molecule has 0 spiro atoms. The third kappa shape index (κ3) is 3.77. The maximum atomic E-state index is 11.0. The lowest BCUT2D eigenvalue weighted by Crippen LogP contribution is -2.59. The summed E-state index contributed by atoms with van der Waals surface area (Å²) >= 11 is 5.03. The second-order valence-corrected chi connectivity index (χ2v) is 5.20. The van der Waals surface area contributed by atoms with Crippen LogP contribution in [-0.2, 0) is 0 Å². The summed E-state index contributed by atoms with van der Waals surface area (Å²) in [7, 11) is 0. The van der Waals surface area contributed by atoms with Gasteiger partial charge in [0, 0.05) is 18.5 Å². The molecule has 0 bridgehead atoms. The molecule has 0 amide bonds. The molecule has 1 saturated heterocycles. The van der Waals surface area contributed by atoms with Crippen molar-refractivity contribution in [1.82, 2.24) is 16.1 Å². The highest BCUT2D eigenvalue weighted by atomic mass is 32.1. The van der Waals surface area contributed by atoms with Gasteiger partial charge in [-0.15, -0.1) is 0 Å². The fraction of sp³-hybridized carbons (Fsp3) is 0.364. The number of rotatable bonds is 5. The average molecular weight is 326 g/mol. The first-order valence-corrected chi connectivity index (χ1v) is 6.79. The van der Waals surface area contributed by atoms with Crippen LogP contribution in [0.15, 0.2) is 18.2 Å². The first-order valence-electron chi connectivity index (χ1n) is 6.38. The molecule has 10 nitrogen and oxygen atoms in total. The van der Waals surface area contributed by atoms with E-state index >= 15 is 0 Å². The summed E-state index contributed by atoms with van der Waals surface area (Å²) in [5.41, 5.74) is 5.00. The van der Waals surface area contributed by atoms with Crippen molar-refractivity contribution in [2.24, 2.45) is 0 Å². The van der Waals surface area contributed by atoms with Crippen LogP contribution in [0.25, 0.3) is 0 Å². The van der Waals surface area contributed by atoms with E-state index in [0.29, 0.717) is 11.5 Å². The zero-order valence-electron chi connectivity index (χ0n) is 11.5. The molecule has 0 aromatic heterocycles. The molecule has 0 saturated carbocycles. The van der Waals surface area contributed by atoms with Gasteiger partial charge < -0.3 is 16.1 Å². The van der Waals surface area contributed by atoms with Crippen LogP contribution in [0.3, 0.4) is 0 Å². The molecule has 2 atom stereocenters. The second-order valence-electron chi connectivity index (χ2n) is 4.79. The van der Waals surface area contributed by atoms with Crippen LogP contribution < -0.4 is 21.5 Å². The quantitative estimate of drug-likeness (QED) is 0.355. The molecule has 4 N–H and O–H groups in total. The van der Waals surface area contributed by atoms with E-state index in [1.54, 1.807) is 0 Å². The Hall–Kier alpha value is -2.53. The highest BCUT2D eigenvalue weighted by Crippen LogP contribution is 2.28. The number of non-ortho nitro benzene ring substituents is 1. The second kappa shape index (κ2) is 6.49. The number of nitrogens with one attached hydrogen (secondary N) is 4. The number of nitro groups is 2. The van der Waals surface area contributed by atoms with Crippen LogP contribution in [0, 0.1) is 20.2 Å². The summed E-state index contributed by atoms with van der Waals surface area (Å²) in [6, 6.07) is 3.54. The molecule has 22 heavy (non-hydrogen) atoms. The molecule has 1 aromatic rings. The highest BCUT2D eigenvalue weighted by Gasteiger charge is 2.23. The monoisotopic (exact) mass is 326 g/mol. The largest absolute Gasteiger partial charge is 0.360 e. The molecule has 1 aromatic carbocycles. The Bertz CT molecular complexity index is 625. The van der Waals surface area contributed by atoms with Gasteiger partial charge in [0.25, 0.3) is 5.69 Å². The topological polar surface area (TPSA) is 134 Å². The number of hydrogen-bond donors (Lipinski definition) is 4. The van der Waals surface area contributed by atoms with E-state index in [9.17, 15) is 20.2 Å². The molecule has 11 heteroatoms. The van der Waals surface area contributed by atoms with Gasteiger partial charge in [0.1, 0.15) is 5.69 Å². The predicted molar refractivity (Wildman–Crippen MR) is 83.2 cm³/mol. The molecule has 1 heterocycles. The van der Waals surface area contributed by atoms with Crippen molar-refractivity contribution in [2.75, 3.05) is 5.43 Å². The van der Waals surface area contributed by atoms with Crippen molar-refractivity contribution in [3.05, 3.63) is 38.4 Å². The maximum Gasteiger partial charge on any atom is 0.300 e. The summed E-state index contributed by atoms with van der Waals surface area (Å²) in [5, 5.41) is 28.2. The summed E-state index contributed by atoms with van der Waals surface area (Å²) in [5.74, 6) is 0. The van der Waals surface area contributed by atoms with Gasteiger partial charge in [0.2, 0.25) is 0 Å². The minimum atomic E-state index is -0.682. The Morgan fingerprint density at radius 1 is 1.27 bits per heavy atom. The Morgan fingerprint density at radius 2 is 2.00 bits per heavy atom. The van der Waals surface area contributed by atoms with Crippen LogP contribution in [-0.4, -0.2) is 27.2 Å². The predicted octanol–water partition coefficient (Wildman–Crippen LogP) is 1.00. The van der Waals surface area contributed by atoms with E-state index in [1.807, 2.05) is 6.92 Å². The fourth-order valence-electron chi connectivity index (χ4n) is 2.05. The number of benzene rings is 1. The molecule has 2 rings (SSSR count). The normalized spacial score (nSPS) is 20.7. The number of thiocarbonyl (C=S) groups is 1. The number of nitrogens with zero attached hydrogens (tertiary/aromatic N) is 2. The number of nitro benzene ring substituents is 2. The Labute approximate surface area is 130 Å². The third-order valence-electron chi connectivity index (χ3n) is 3.04. The number of anilines is 1. The fourth-order valence-corrected chi connectivity index (χ4v) is 2.39. The molecule has 1 aliphatic heterocycles. The van der Waals surface area contributed by atoms with Crippen LogP contribution in [0.5, 0.6) is 0 Å². The van der Waals surface area contributed by atoms with Crippen molar-refractivity contribution >= 4 is 34.4 Å². The SMILES string of the molecule is C[C@@H]1C[C@H](NNc2ccc([N+](=O)[O-])cc2[N+](=O)[O-])NC(=S)N1. The third-order valence-corrected chi connectivity index (χ3v) is 3.28. The lowest BCUT2D eigenvalue weighted by atomic mass is 10.1. The van der Waals surface area contributed by atoms with Gasteiger partial charge in [-0.3, -0.25) is 20.2 Å². The minimum Gasteiger partial charge on any atom is -0.360 e. The van der Waals surface area contributed by atoms with Crippen molar-refractivity contribution in [2.45, 2.75) is 25.6 Å². The Morgan fingerprint density at radius 3 is 2.59 bits per heavy atom. The standard InChI is InChI=1S/C11H14N6O4S/c1-6-4-10(13-11(22)12-6)15-14-8-3-2-7(16(18)19)5-9(8)17(20)21/h2-3,5-6,10,14-15H,4H2,1H3,(H2,12,13,22)/t6-,10+/m1/s1. The lowest BCUT2D eigenvalue weighted by molar-refractivity contribution is -0.393. The van der Waals surface area contributed by atoms with Gasteiger partial charge in [-0.2, -0.15) is 0 Å². The van der Waals surface area contributed by atoms with Crippen LogP contribution in [0.4, 0.5) is 17.1 Å². The van der Waals surface area contributed by atoms with E-state index < -0.39 is 9.85 Å². The van der Waals surface area contributed by atoms with Crippen LogP contribution in [0.2, 0.25) is 0 Å². The van der Waals surface area contributed by atoms with Gasteiger partial charge in [0.15, 0.2) is 5.11 Å². The van der Waals surface area contributed by atoms with E-state index in [0.717, 1.165) is 6.07 Å². The molecule has 0 aliphatic carbocycles.